The molecule has 0 atom stereocenters. The number of halogens is 1. The van der Waals surface area contributed by atoms with E-state index in [2.05, 4.69) is 4.98 Å². The molecule has 1 aliphatic carbocycles. The van der Waals surface area contributed by atoms with Crippen LogP contribution in [-0.2, 0) is 0 Å². The molecule has 0 unspecified atom stereocenters. The maximum absolute atomic E-state index is 12.1. The lowest BCUT2D eigenvalue weighted by atomic mass is 9.91. The standard InChI is InChI=1S/C13H16ClN3O/c14-8-1-6-11-12(7-8)17(13(18)16-11)10-4-2-9(15)3-5-10/h1,6-7,9-10H,2-5,15H2,(H,16,18). The van der Waals surface area contributed by atoms with Crippen molar-refractivity contribution in [3.8, 4) is 0 Å². The second kappa shape index (κ2) is 4.44. The molecular weight excluding hydrogens is 250 g/mol. The van der Waals surface area contributed by atoms with Crippen molar-refractivity contribution in [2.45, 2.75) is 37.8 Å². The number of rotatable bonds is 1. The summed E-state index contributed by atoms with van der Waals surface area (Å²) in [5.41, 5.74) is 7.60. The smallest absolute Gasteiger partial charge is 0.326 e. The van der Waals surface area contributed by atoms with Crippen LogP contribution in [0.3, 0.4) is 0 Å². The number of hydrogen-bond acceptors (Lipinski definition) is 2. The van der Waals surface area contributed by atoms with Crippen molar-refractivity contribution in [1.82, 2.24) is 9.55 Å². The molecule has 3 rings (SSSR count). The van der Waals surface area contributed by atoms with Crippen molar-refractivity contribution in [2.75, 3.05) is 0 Å². The topological polar surface area (TPSA) is 63.8 Å². The van der Waals surface area contributed by atoms with Crippen LogP contribution < -0.4 is 11.4 Å². The van der Waals surface area contributed by atoms with Gasteiger partial charge in [0.05, 0.1) is 11.0 Å². The molecule has 4 nitrogen and oxygen atoms in total. The van der Waals surface area contributed by atoms with Crippen LogP contribution >= 0.6 is 11.6 Å². The van der Waals surface area contributed by atoms with E-state index in [-0.39, 0.29) is 17.8 Å². The summed E-state index contributed by atoms with van der Waals surface area (Å²) in [7, 11) is 0. The summed E-state index contributed by atoms with van der Waals surface area (Å²) >= 11 is 6.01. The molecule has 0 saturated heterocycles. The molecule has 2 aromatic rings. The van der Waals surface area contributed by atoms with Gasteiger partial charge in [-0.1, -0.05) is 11.6 Å². The number of hydrogen-bond donors (Lipinski definition) is 2. The highest BCUT2D eigenvalue weighted by atomic mass is 35.5. The Kier molecular flexibility index (Phi) is 2.92. The van der Waals surface area contributed by atoms with Crippen LogP contribution in [0.15, 0.2) is 23.0 Å². The Morgan fingerprint density at radius 3 is 2.72 bits per heavy atom. The lowest BCUT2D eigenvalue weighted by molar-refractivity contribution is 0.324. The molecule has 3 N–H and O–H groups in total. The lowest BCUT2D eigenvalue weighted by Gasteiger charge is -2.27. The van der Waals surface area contributed by atoms with Crippen LogP contribution in [-0.4, -0.2) is 15.6 Å². The average molecular weight is 266 g/mol. The summed E-state index contributed by atoms with van der Waals surface area (Å²) in [5.74, 6) is 0. The molecule has 1 aromatic carbocycles. The molecule has 18 heavy (non-hydrogen) atoms. The first-order chi connectivity index (χ1) is 8.65. The van der Waals surface area contributed by atoms with Gasteiger partial charge >= 0.3 is 5.69 Å². The summed E-state index contributed by atoms with van der Waals surface area (Å²) in [4.78, 5) is 14.9. The zero-order valence-corrected chi connectivity index (χ0v) is 10.8. The molecule has 1 fully saturated rings. The number of H-pyrrole nitrogens is 1. The highest BCUT2D eigenvalue weighted by Gasteiger charge is 2.23. The highest BCUT2D eigenvalue weighted by Crippen LogP contribution is 2.29. The van der Waals surface area contributed by atoms with Gasteiger partial charge in [0, 0.05) is 17.1 Å². The Labute approximate surface area is 110 Å². The minimum atomic E-state index is -0.0484. The average Bonchev–Trinajstić information content (AvgIpc) is 2.66. The number of nitrogens with two attached hydrogens (primary N) is 1. The minimum absolute atomic E-state index is 0.0484. The van der Waals surface area contributed by atoms with Gasteiger partial charge in [-0.3, -0.25) is 4.57 Å². The monoisotopic (exact) mass is 265 g/mol. The SMILES string of the molecule is NC1CCC(n2c(=O)[nH]c3ccc(Cl)cc32)CC1. The largest absolute Gasteiger partial charge is 0.328 e. The summed E-state index contributed by atoms with van der Waals surface area (Å²) in [6.07, 6.45) is 3.87. The predicted molar refractivity (Wildman–Crippen MR) is 73.0 cm³/mol. The van der Waals surface area contributed by atoms with Crippen LogP contribution in [0.4, 0.5) is 0 Å². The van der Waals surface area contributed by atoms with Crippen LogP contribution in [0.2, 0.25) is 5.02 Å². The second-order valence-electron chi connectivity index (χ2n) is 5.03. The fraction of sp³-hybridized carbons (Fsp3) is 0.462. The first-order valence-electron chi connectivity index (χ1n) is 6.30. The third kappa shape index (κ3) is 1.95. The Balaban J connectivity index is 2.08. The van der Waals surface area contributed by atoms with Crippen LogP contribution in [0.1, 0.15) is 31.7 Å². The first kappa shape index (κ1) is 11.8. The van der Waals surface area contributed by atoms with E-state index in [0.717, 1.165) is 36.7 Å². The van der Waals surface area contributed by atoms with Gasteiger partial charge in [-0.25, -0.2) is 4.79 Å². The molecule has 1 heterocycles. The molecule has 0 amide bonds. The highest BCUT2D eigenvalue weighted by molar-refractivity contribution is 6.31. The van der Waals surface area contributed by atoms with Gasteiger partial charge in [0.2, 0.25) is 0 Å². The van der Waals surface area contributed by atoms with E-state index < -0.39 is 0 Å². The molecule has 96 valence electrons. The van der Waals surface area contributed by atoms with Crippen molar-refractivity contribution in [2.24, 2.45) is 5.73 Å². The molecule has 1 aromatic heterocycles. The van der Waals surface area contributed by atoms with Gasteiger partial charge in [0.15, 0.2) is 0 Å². The van der Waals surface area contributed by atoms with Crippen molar-refractivity contribution in [3.05, 3.63) is 33.7 Å². The Hall–Kier alpha value is -1.26. The summed E-state index contributed by atoms with van der Waals surface area (Å²) < 4.78 is 1.84. The molecule has 0 aliphatic heterocycles. The van der Waals surface area contributed by atoms with Crippen molar-refractivity contribution >= 4 is 22.6 Å². The van der Waals surface area contributed by atoms with Gasteiger partial charge < -0.3 is 10.7 Å². The molecule has 0 radical (unpaired) electrons. The Bertz CT molecular complexity index is 623. The van der Waals surface area contributed by atoms with Gasteiger partial charge in [0.1, 0.15) is 0 Å². The van der Waals surface area contributed by atoms with Crippen LogP contribution in [0.5, 0.6) is 0 Å². The zero-order chi connectivity index (χ0) is 12.7. The molecule has 0 spiro atoms. The summed E-state index contributed by atoms with van der Waals surface area (Å²) in [5, 5.41) is 0.655. The number of fused-ring (bicyclic) bond motifs is 1. The third-order valence-electron chi connectivity index (χ3n) is 3.79. The van der Waals surface area contributed by atoms with Gasteiger partial charge in [-0.2, -0.15) is 0 Å². The van der Waals surface area contributed by atoms with Crippen molar-refractivity contribution in [3.63, 3.8) is 0 Å². The minimum Gasteiger partial charge on any atom is -0.328 e. The number of benzene rings is 1. The first-order valence-corrected chi connectivity index (χ1v) is 6.68. The lowest BCUT2D eigenvalue weighted by Crippen LogP contribution is -2.31. The second-order valence-corrected chi connectivity index (χ2v) is 5.47. The fourth-order valence-electron chi connectivity index (χ4n) is 2.82. The van der Waals surface area contributed by atoms with E-state index in [1.807, 2.05) is 16.7 Å². The molecule has 1 saturated carbocycles. The Morgan fingerprint density at radius 2 is 2.00 bits per heavy atom. The van der Waals surface area contributed by atoms with Gasteiger partial charge in [0.25, 0.3) is 0 Å². The number of nitrogens with zero attached hydrogens (tertiary/aromatic N) is 1. The molecule has 0 bridgehead atoms. The van der Waals surface area contributed by atoms with Crippen molar-refractivity contribution < 1.29 is 0 Å². The summed E-state index contributed by atoms with van der Waals surface area (Å²) in [6.45, 7) is 0. The number of aromatic amines is 1. The molecular formula is C13H16ClN3O. The maximum Gasteiger partial charge on any atom is 0.326 e. The molecule has 5 heteroatoms. The number of aromatic nitrogens is 2. The molecule has 1 aliphatic rings. The van der Waals surface area contributed by atoms with Crippen molar-refractivity contribution in [1.29, 1.82) is 0 Å². The van der Waals surface area contributed by atoms with Crippen LogP contribution in [0, 0.1) is 0 Å². The van der Waals surface area contributed by atoms with Gasteiger partial charge in [-0.05, 0) is 43.9 Å². The third-order valence-corrected chi connectivity index (χ3v) is 4.02. The maximum atomic E-state index is 12.1. The van der Waals surface area contributed by atoms with E-state index in [4.69, 9.17) is 17.3 Å². The summed E-state index contributed by atoms with van der Waals surface area (Å²) in [6, 6.07) is 6.02. The van der Waals surface area contributed by atoms with E-state index in [1.54, 1.807) is 6.07 Å². The quantitative estimate of drug-likeness (QED) is 0.832. The predicted octanol–water partition coefficient (Wildman–Crippen LogP) is 2.43. The van der Waals surface area contributed by atoms with E-state index in [0.29, 0.717) is 5.02 Å². The fourth-order valence-corrected chi connectivity index (χ4v) is 2.98. The van der Waals surface area contributed by atoms with E-state index in [1.165, 1.54) is 0 Å². The van der Waals surface area contributed by atoms with Crippen LogP contribution in [0.25, 0.3) is 11.0 Å². The number of nitrogens with one attached hydrogen (secondary N) is 1. The van der Waals surface area contributed by atoms with Gasteiger partial charge in [-0.15, -0.1) is 0 Å². The normalized spacial score (nSPS) is 24.6. The van der Waals surface area contributed by atoms with E-state index in [9.17, 15) is 4.79 Å². The van der Waals surface area contributed by atoms with E-state index >= 15 is 0 Å². The Morgan fingerprint density at radius 1 is 1.28 bits per heavy atom. The zero-order valence-electron chi connectivity index (χ0n) is 10.0. The number of imidazole rings is 1.